The SMILES string of the molecule is O=C(O)c1ccc(F)c(C#Cc2cccnc2)c1. The molecule has 0 spiro atoms. The van der Waals surface area contributed by atoms with Gasteiger partial charge in [0.1, 0.15) is 5.82 Å². The molecular formula is C14H8FNO2. The van der Waals surface area contributed by atoms with Crippen LogP contribution in [-0.4, -0.2) is 16.1 Å². The van der Waals surface area contributed by atoms with Crippen LogP contribution in [0, 0.1) is 17.7 Å². The summed E-state index contributed by atoms with van der Waals surface area (Å²) in [5.74, 6) is 3.66. The minimum atomic E-state index is -1.11. The molecule has 0 aliphatic heterocycles. The Kier molecular flexibility index (Phi) is 3.35. The van der Waals surface area contributed by atoms with Crippen LogP contribution in [0.4, 0.5) is 4.39 Å². The van der Waals surface area contributed by atoms with Crippen LogP contribution >= 0.6 is 0 Å². The highest BCUT2D eigenvalue weighted by molar-refractivity contribution is 5.88. The van der Waals surface area contributed by atoms with Crippen molar-refractivity contribution in [3.05, 3.63) is 65.2 Å². The first kappa shape index (κ1) is 11.8. The molecule has 0 radical (unpaired) electrons. The Balaban J connectivity index is 2.38. The highest BCUT2D eigenvalue weighted by Gasteiger charge is 2.06. The van der Waals surface area contributed by atoms with Crippen LogP contribution in [0.5, 0.6) is 0 Å². The first-order valence-corrected chi connectivity index (χ1v) is 5.12. The van der Waals surface area contributed by atoms with Gasteiger partial charge in [-0.3, -0.25) is 4.98 Å². The average molecular weight is 241 g/mol. The first-order valence-electron chi connectivity index (χ1n) is 5.12. The molecule has 0 saturated heterocycles. The number of carbonyl (C=O) groups is 1. The van der Waals surface area contributed by atoms with Gasteiger partial charge >= 0.3 is 5.97 Å². The van der Waals surface area contributed by atoms with Crippen molar-refractivity contribution in [2.75, 3.05) is 0 Å². The fraction of sp³-hybridized carbons (Fsp3) is 0. The van der Waals surface area contributed by atoms with Crippen LogP contribution in [0.25, 0.3) is 0 Å². The van der Waals surface area contributed by atoms with E-state index in [0.717, 1.165) is 6.07 Å². The molecule has 1 aromatic heterocycles. The fourth-order valence-corrected chi connectivity index (χ4v) is 1.33. The van der Waals surface area contributed by atoms with Crippen molar-refractivity contribution in [1.82, 2.24) is 4.98 Å². The van der Waals surface area contributed by atoms with Crippen LogP contribution in [0.3, 0.4) is 0 Å². The van der Waals surface area contributed by atoms with Crippen molar-refractivity contribution in [3.63, 3.8) is 0 Å². The van der Waals surface area contributed by atoms with Gasteiger partial charge in [-0.2, -0.15) is 0 Å². The van der Waals surface area contributed by atoms with Gasteiger partial charge in [-0.15, -0.1) is 0 Å². The Labute approximate surface area is 103 Å². The number of aromatic nitrogens is 1. The topological polar surface area (TPSA) is 50.2 Å². The van der Waals surface area contributed by atoms with E-state index in [1.54, 1.807) is 24.5 Å². The van der Waals surface area contributed by atoms with E-state index in [1.807, 2.05) is 0 Å². The zero-order valence-electron chi connectivity index (χ0n) is 9.22. The van der Waals surface area contributed by atoms with Gasteiger partial charge in [-0.05, 0) is 30.3 Å². The predicted molar refractivity (Wildman–Crippen MR) is 63.6 cm³/mol. The third-order valence-corrected chi connectivity index (χ3v) is 2.22. The molecule has 0 atom stereocenters. The van der Waals surface area contributed by atoms with Gasteiger partial charge in [-0.25, -0.2) is 9.18 Å². The summed E-state index contributed by atoms with van der Waals surface area (Å²) in [4.78, 5) is 14.6. The molecule has 0 unspecified atom stereocenters. The van der Waals surface area contributed by atoms with Crippen LogP contribution < -0.4 is 0 Å². The van der Waals surface area contributed by atoms with Crippen molar-refractivity contribution in [2.45, 2.75) is 0 Å². The summed E-state index contributed by atoms with van der Waals surface area (Å²) >= 11 is 0. The van der Waals surface area contributed by atoms with E-state index >= 15 is 0 Å². The maximum Gasteiger partial charge on any atom is 0.335 e. The number of halogens is 1. The number of aromatic carboxylic acids is 1. The number of benzene rings is 1. The second-order valence-electron chi connectivity index (χ2n) is 3.49. The molecule has 0 saturated carbocycles. The van der Waals surface area contributed by atoms with Gasteiger partial charge in [0.25, 0.3) is 0 Å². The third kappa shape index (κ3) is 2.71. The van der Waals surface area contributed by atoms with Crippen LogP contribution in [0.1, 0.15) is 21.5 Å². The van der Waals surface area contributed by atoms with Crippen molar-refractivity contribution in [3.8, 4) is 11.8 Å². The molecule has 0 fully saturated rings. The summed E-state index contributed by atoms with van der Waals surface area (Å²) < 4.78 is 13.4. The maximum absolute atomic E-state index is 13.4. The number of carboxylic acids is 1. The van der Waals surface area contributed by atoms with Gasteiger partial charge in [0, 0.05) is 18.0 Å². The molecule has 2 rings (SSSR count). The fourth-order valence-electron chi connectivity index (χ4n) is 1.33. The monoisotopic (exact) mass is 241 g/mol. The molecule has 0 aliphatic rings. The maximum atomic E-state index is 13.4. The highest BCUT2D eigenvalue weighted by atomic mass is 19.1. The van der Waals surface area contributed by atoms with Crippen LogP contribution in [0.2, 0.25) is 0 Å². The number of carboxylic acid groups (broad SMARTS) is 1. The minimum Gasteiger partial charge on any atom is -0.478 e. The zero-order chi connectivity index (χ0) is 13.0. The van der Waals surface area contributed by atoms with E-state index in [2.05, 4.69) is 16.8 Å². The van der Waals surface area contributed by atoms with E-state index in [0.29, 0.717) is 5.56 Å². The molecule has 0 amide bonds. The molecule has 0 aliphatic carbocycles. The lowest BCUT2D eigenvalue weighted by molar-refractivity contribution is 0.0697. The van der Waals surface area contributed by atoms with Gasteiger partial charge in [0.2, 0.25) is 0 Å². The van der Waals surface area contributed by atoms with E-state index in [-0.39, 0.29) is 11.1 Å². The lowest BCUT2D eigenvalue weighted by Gasteiger charge is -1.97. The Morgan fingerprint density at radius 1 is 1.28 bits per heavy atom. The normalized spacial score (nSPS) is 9.39. The summed E-state index contributed by atoms with van der Waals surface area (Å²) in [6, 6.07) is 6.96. The molecule has 2 aromatic rings. The Hall–Kier alpha value is -2.67. The van der Waals surface area contributed by atoms with E-state index in [9.17, 15) is 9.18 Å². The van der Waals surface area contributed by atoms with E-state index in [4.69, 9.17) is 5.11 Å². The average Bonchev–Trinajstić information content (AvgIpc) is 2.38. The van der Waals surface area contributed by atoms with E-state index in [1.165, 1.54) is 12.1 Å². The van der Waals surface area contributed by atoms with Crippen molar-refractivity contribution in [1.29, 1.82) is 0 Å². The Morgan fingerprint density at radius 3 is 2.78 bits per heavy atom. The molecular weight excluding hydrogens is 233 g/mol. The predicted octanol–water partition coefficient (Wildman–Crippen LogP) is 2.32. The largest absolute Gasteiger partial charge is 0.478 e. The molecule has 1 aromatic carbocycles. The van der Waals surface area contributed by atoms with Crippen molar-refractivity contribution in [2.24, 2.45) is 0 Å². The second-order valence-corrected chi connectivity index (χ2v) is 3.49. The minimum absolute atomic E-state index is 0.00638. The van der Waals surface area contributed by atoms with Gasteiger partial charge in [0.15, 0.2) is 0 Å². The van der Waals surface area contributed by atoms with Gasteiger partial charge in [0.05, 0.1) is 11.1 Å². The molecule has 4 heteroatoms. The Bertz CT molecular complexity index is 642. The number of rotatable bonds is 1. The van der Waals surface area contributed by atoms with Crippen LogP contribution in [0.15, 0.2) is 42.7 Å². The van der Waals surface area contributed by atoms with Crippen molar-refractivity contribution < 1.29 is 14.3 Å². The van der Waals surface area contributed by atoms with Crippen molar-refractivity contribution >= 4 is 5.97 Å². The molecule has 3 nitrogen and oxygen atoms in total. The molecule has 88 valence electrons. The number of nitrogens with zero attached hydrogens (tertiary/aromatic N) is 1. The number of pyridine rings is 1. The summed E-state index contributed by atoms with van der Waals surface area (Å²) in [7, 11) is 0. The second kappa shape index (κ2) is 5.11. The molecule has 1 heterocycles. The number of hydrogen-bond donors (Lipinski definition) is 1. The Morgan fingerprint density at radius 2 is 2.11 bits per heavy atom. The summed E-state index contributed by atoms with van der Waals surface area (Å²) in [5.41, 5.74) is 0.697. The van der Waals surface area contributed by atoms with Gasteiger partial charge < -0.3 is 5.11 Å². The van der Waals surface area contributed by atoms with E-state index < -0.39 is 11.8 Å². The quantitative estimate of drug-likeness (QED) is 0.779. The first-order chi connectivity index (χ1) is 8.66. The van der Waals surface area contributed by atoms with Crippen LogP contribution in [-0.2, 0) is 0 Å². The summed E-state index contributed by atoms with van der Waals surface area (Å²) in [5, 5.41) is 8.80. The standard InChI is InChI=1S/C14H8FNO2/c15-13-6-5-12(14(17)18)8-11(13)4-3-10-2-1-7-16-9-10/h1-2,5-9H,(H,17,18). The summed E-state index contributed by atoms with van der Waals surface area (Å²) in [6.45, 7) is 0. The molecule has 1 N–H and O–H groups in total. The lowest BCUT2D eigenvalue weighted by atomic mass is 10.1. The third-order valence-electron chi connectivity index (χ3n) is 2.22. The number of hydrogen-bond acceptors (Lipinski definition) is 2. The molecule has 18 heavy (non-hydrogen) atoms. The van der Waals surface area contributed by atoms with Gasteiger partial charge in [-0.1, -0.05) is 11.8 Å². The molecule has 0 bridgehead atoms. The lowest BCUT2D eigenvalue weighted by Crippen LogP contribution is -1.97. The summed E-state index contributed by atoms with van der Waals surface area (Å²) in [6.07, 6.45) is 3.16. The highest BCUT2D eigenvalue weighted by Crippen LogP contribution is 2.09. The zero-order valence-corrected chi connectivity index (χ0v) is 9.22. The smallest absolute Gasteiger partial charge is 0.335 e.